The third-order valence-electron chi connectivity index (χ3n) is 7.09. The molecule has 2 fully saturated rings. The number of aliphatic hydroxyl groups is 1. The van der Waals surface area contributed by atoms with E-state index in [0.717, 1.165) is 44.5 Å². The van der Waals surface area contributed by atoms with E-state index < -0.39 is 23.2 Å². The van der Waals surface area contributed by atoms with E-state index in [9.17, 15) is 27.9 Å². The highest BCUT2D eigenvalue weighted by Crippen LogP contribution is 2.39. The van der Waals surface area contributed by atoms with Crippen LogP contribution in [-0.2, 0) is 16.6 Å². The average molecular weight is 491 g/mol. The number of hydrogen-bond acceptors (Lipinski definition) is 6. The minimum absolute atomic E-state index is 0.126. The number of Topliss-reactive ketones (excluding diaryl/α,β-unsaturated/α-hetero) is 1. The van der Waals surface area contributed by atoms with Crippen molar-refractivity contribution >= 4 is 11.7 Å². The fraction of sp³-hybridized carbons (Fsp3) is 0.520. The van der Waals surface area contributed by atoms with Crippen LogP contribution < -0.4 is 5.32 Å². The number of ketones is 1. The third-order valence-corrected chi connectivity index (χ3v) is 7.09. The third kappa shape index (κ3) is 6.24. The van der Waals surface area contributed by atoms with E-state index in [1.54, 1.807) is 12.3 Å². The molecule has 0 unspecified atom stereocenters. The van der Waals surface area contributed by atoms with E-state index in [-0.39, 0.29) is 23.8 Å². The second kappa shape index (κ2) is 10.4. The highest BCUT2D eigenvalue weighted by Gasteiger charge is 2.39. The standard InChI is InChI=1S/C25H29F3N4O3/c26-25(27,28)19-3-1-2-18(13-19)23(34)30-14-21(33)12-17-7-11-32(15-17)20-4-8-24(35,9-5-20)22-6-10-29-16-31-22/h1-3,6,10,13,16-17,20,35H,4-5,7-9,11-12,14-15H2,(H,30,34)/t17-,20?,24?/m0/s1. The van der Waals surface area contributed by atoms with Crippen molar-refractivity contribution in [1.82, 2.24) is 20.2 Å². The van der Waals surface area contributed by atoms with Gasteiger partial charge in [-0.25, -0.2) is 9.97 Å². The number of rotatable bonds is 7. The van der Waals surface area contributed by atoms with Crippen LogP contribution in [0.3, 0.4) is 0 Å². The fourth-order valence-electron chi connectivity index (χ4n) is 5.14. The maximum Gasteiger partial charge on any atom is 0.416 e. The molecule has 2 aromatic rings. The van der Waals surface area contributed by atoms with Gasteiger partial charge in [-0.1, -0.05) is 6.07 Å². The summed E-state index contributed by atoms with van der Waals surface area (Å²) in [4.78, 5) is 35.1. The van der Waals surface area contributed by atoms with Gasteiger partial charge in [0.2, 0.25) is 0 Å². The predicted octanol–water partition coefficient (Wildman–Crippen LogP) is 3.34. The Balaban J connectivity index is 1.21. The Morgan fingerprint density at radius 2 is 1.94 bits per heavy atom. The summed E-state index contributed by atoms with van der Waals surface area (Å²) >= 11 is 0. The van der Waals surface area contributed by atoms with Gasteiger partial charge in [0.05, 0.1) is 17.8 Å². The first-order chi connectivity index (χ1) is 16.6. The van der Waals surface area contributed by atoms with Gasteiger partial charge in [0.15, 0.2) is 5.78 Å². The van der Waals surface area contributed by atoms with Crippen LogP contribution in [0.15, 0.2) is 42.9 Å². The topological polar surface area (TPSA) is 95.4 Å². The molecule has 0 bridgehead atoms. The summed E-state index contributed by atoms with van der Waals surface area (Å²) in [6.45, 7) is 1.45. The van der Waals surface area contributed by atoms with Gasteiger partial charge >= 0.3 is 6.18 Å². The van der Waals surface area contributed by atoms with E-state index in [1.165, 1.54) is 18.5 Å². The van der Waals surface area contributed by atoms with Crippen LogP contribution in [-0.4, -0.2) is 57.3 Å². The smallest absolute Gasteiger partial charge is 0.384 e. The Morgan fingerprint density at radius 1 is 1.17 bits per heavy atom. The molecule has 1 saturated heterocycles. The fourth-order valence-corrected chi connectivity index (χ4v) is 5.14. The first-order valence-corrected chi connectivity index (χ1v) is 11.8. The summed E-state index contributed by atoms with van der Waals surface area (Å²) in [5.74, 6) is -0.662. The van der Waals surface area contributed by atoms with Gasteiger partial charge in [-0.15, -0.1) is 0 Å². The van der Waals surface area contributed by atoms with Gasteiger partial charge in [0.25, 0.3) is 5.91 Å². The molecule has 0 radical (unpaired) electrons. The average Bonchev–Trinajstić information content (AvgIpc) is 3.31. The number of aromatic nitrogens is 2. The van der Waals surface area contributed by atoms with Crippen LogP contribution in [0, 0.1) is 5.92 Å². The number of nitrogens with zero attached hydrogens (tertiary/aromatic N) is 3. The van der Waals surface area contributed by atoms with Crippen molar-refractivity contribution in [1.29, 1.82) is 0 Å². The van der Waals surface area contributed by atoms with Crippen molar-refractivity contribution in [2.75, 3.05) is 19.6 Å². The molecule has 0 spiro atoms. The van der Waals surface area contributed by atoms with Crippen LogP contribution in [0.2, 0.25) is 0 Å². The van der Waals surface area contributed by atoms with Crippen LogP contribution in [0.1, 0.15) is 60.1 Å². The molecule has 1 aromatic heterocycles. The molecular weight excluding hydrogens is 461 g/mol. The van der Waals surface area contributed by atoms with Gasteiger partial charge in [0.1, 0.15) is 11.9 Å². The van der Waals surface area contributed by atoms with Crippen LogP contribution in [0.4, 0.5) is 13.2 Å². The van der Waals surface area contributed by atoms with E-state index in [0.29, 0.717) is 31.0 Å². The molecule has 1 aromatic carbocycles. The van der Waals surface area contributed by atoms with Crippen molar-refractivity contribution in [3.8, 4) is 0 Å². The first kappa shape index (κ1) is 25.2. The summed E-state index contributed by atoms with van der Waals surface area (Å²) in [6.07, 6.45) is 2.67. The highest BCUT2D eigenvalue weighted by atomic mass is 19.4. The van der Waals surface area contributed by atoms with Crippen molar-refractivity contribution in [3.05, 3.63) is 59.7 Å². The lowest BCUT2D eigenvalue weighted by molar-refractivity contribution is -0.137. The Morgan fingerprint density at radius 3 is 2.63 bits per heavy atom. The van der Waals surface area contributed by atoms with E-state index in [4.69, 9.17) is 0 Å². The molecule has 1 amide bonds. The number of hydrogen-bond donors (Lipinski definition) is 2. The number of carbonyl (C=O) groups is 2. The molecule has 7 nitrogen and oxygen atoms in total. The van der Waals surface area contributed by atoms with Gasteiger partial charge in [-0.05, 0) is 68.8 Å². The van der Waals surface area contributed by atoms with Gasteiger partial charge < -0.3 is 15.3 Å². The van der Waals surface area contributed by atoms with Crippen molar-refractivity contribution < 1.29 is 27.9 Å². The first-order valence-electron chi connectivity index (χ1n) is 11.8. The molecule has 1 aliphatic heterocycles. The monoisotopic (exact) mass is 490 g/mol. The molecule has 1 aliphatic carbocycles. The van der Waals surface area contributed by atoms with Crippen molar-refractivity contribution in [2.24, 2.45) is 5.92 Å². The molecule has 2 aliphatic rings. The molecule has 2 N–H and O–H groups in total. The number of amides is 1. The number of likely N-dealkylation sites (tertiary alicyclic amines) is 1. The zero-order chi connectivity index (χ0) is 25.1. The van der Waals surface area contributed by atoms with Crippen molar-refractivity contribution in [3.63, 3.8) is 0 Å². The lowest BCUT2D eigenvalue weighted by Gasteiger charge is -2.39. The number of nitrogens with one attached hydrogen (secondary N) is 1. The largest absolute Gasteiger partial charge is 0.416 e. The lowest BCUT2D eigenvalue weighted by atomic mass is 9.79. The molecule has 35 heavy (non-hydrogen) atoms. The summed E-state index contributed by atoms with van der Waals surface area (Å²) in [6, 6.07) is 6.25. The zero-order valence-corrected chi connectivity index (χ0v) is 19.3. The second-order valence-corrected chi connectivity index (χ2v) is 9.51. The van der Waals surface area contributed by atoms with Crippen LogP contribution in [0.5, 0.6) is 0 Å². The highest BCUT2D eigenvalue weighted by molar-refractivity contribution is 5.96. The summed E-state index contributed by atoms with van der Waals surface area (Å²) in [5.41, 5.74) is -1.30. The van der Waals surface area contributed by atoms with Crippen LogP contribution in [0.25, 0.3) is 0 Å². The quantitative estimate of drug-likeness (QED) is 0.618. The Bertz CT molecular complexity index is 1040. The van der Waals surface area contributed by atoms with Crippen molar-refractivity contribution in [2.45, 2.75) is 56.3 Å². The van der Waals surface area contributed by atoms with Gasteiger partial charge in [0, 0.05) is 30.8 Å². The normalized spacial score (nSPS) is 25.4. The molecule has 188 valence electrons. The number of alkyl halides is 3. The van der Waals surface area contributed by atoms with Crippen LogP contribution >= 0.6 is 0 Å². The van der Waals surface area contributed by atoms with Gasteiger partial charge in [-0.3, -0.25) is 9.59 Å². The number of halogens is 3. The maximum atomic E-state index is 12.8. The van der Waals surface area contributed by atoms with E-state index in [1.807, 2.05) is 0 Å². The molecule has 1 saturated carbocycles. The minimum atomic E-state index is -4.53. The SMILES string of the molecule is O=C(CNC(=O)c1cccc(C(F)(F)F)c1)C[C@@H]1CCN(C2CCC(O)(c3ccncn3)CC2)C1. The lowest BCUT2D eigenvalue weighted by Crippen LogP contribution is -2.42. The van der Waals surface area contributed by atoms with E-state index in [2.05, 4.69) is 20.2 Å². The van der Waals surface area contributed by atoms with E-state index >= 15 is 0 Å². The molecular formula is C25H29F3N4O3. The molecule has 1 atom stereocenters. The predicted molar refractivity (Wildman–Crippen MR) is 121 cm³/mol. The molecule has 2 heterocycles. The van der Waals surface area contributed by atoms with Gasteiger partial charge in [-0.2, -0.15) is 13.2 Å². The Kier molecular flexibility index (Phi) is 7.51. The second-order valence-electron chi connectivity index (χ2n) is 9.51. The minimum Gasteiger partial charge on any atom is -0.384 e. The summed E-state index contributed by atoms with van der Waals surface area (Å²) in [7, 11) is 0. The number of carbonyl (C=O) groups excluding carboxylic acids is 2. The number of benzene rings is 1. The molecule has 4 rings (SSSR count). The Labute approximate surface area is 201 Å². The summed E-state index contributed by atoms with van der Waals surface area (Å²) < 4.78 is 38.5. The zero-order valence-electron chi connectivity index (χ0n) is 19.3. The Hall–Kier alpha value is -2.85. The maximum absolute atomic E-state index is 12.8. The molecule has 10 heteroatoms. The summed E-state index contributed by atoms with van der Waals surface area (Å²) in [5, 5.41) is 13.4.